The number of ether oxygens (including phenoxy) is 1. The number of carbonyl (C=O) groups is 1. The van der Waals surface area contributed by atoms with E-state index in [1.165, 1.54) is 12.8 Å². The molecular formula is C19H27N5O2. The van der Waals surface area contributed by atoms with Crippen LogP contribution in [0.2, 0.25) is 0 Å². The van der Waals surface area contributed by atoms with Crippen molar-refractivity contribution in [3.63, 3.8) is 0 Å². The molecule has 0 bridgehead atoms. The van der Waals surface area contributed by atoms with Gasteiger partial charge >= 0.3 is 0 Å². The lowest BCUT2D eigenvalue weighted by molar-refractivity contribution is 0.00987. The van der Waals surface area contributed by atoms with Crippen molar-refractivity contribution in [1.82, 2.24) is 25.1 Å². The maximum absolute atomic E-state index is 12.5. The number of imidazole rings is 1. The molecule has 1 aliphatic heterocycles. The molecule has 140 valence electrons. The molecule has 1 amide bonds. The third-order valence-electron chi connectivity index (χ3n) is 5.53. The minimum absolute atomic E-state index is 0.0172. The van der Waals surface area contributed by atoms with Crippen LogP contribution in [0.1, 0.15) is 73.9 Å². The number of rotatable bonds is 5. The van der Waals surface area contributed by atoms with Crippen LogP contribution < -0.4 is 5.32 Å². The molecule has 2 fully saturated rings. The Hall–Kier alpha value is -2.15. The summed E-state index contributed by atoms with van der Waals surface area (Å²) >= 11 is 0. The number of nitrogens with one attached hydrogen (secondary N) is 2. The fourth-order valence-corrected chi connectivity index (χ4v) is 4.26. The molecule has 1 aliphatic carbocycles. The average Bonchev–Trinajstić information content (AvgIpc) is 3.38. The van der Waals surface area contributed by atoms with E-state index >= 15 is 0 Å². The van der Waals surface area contributed by atoms with Crippen LogP contribution in [0.3, 0.4) is 0 Å². The van der Waals surface area contributed by atoms with Crippen LogP contribution in [-0.4, -0.2) is 43.9 Å². The Kier molecular flexibility index (Phi) is 4.56. The van der Waals surface area contributed by atoms with Gasteiger partial charge < -0.3 is 14.6 Å². The van der Waals surface area contributed by atoms with Crippen molar-refractivity contribution >= 4 is 5.91 Å². The molecule has 1 saturated heterocycles. The summed E-state index contributed by atoms with van der Waals surface area (Å²) in [6.45, 7) is 5.47. The normalized spacial score (nSPS) is 21.7. The van der Waals surface area contributed by atoms with Gasteiger partial charge in [-0.3, -0.25) is 9.89 Å². The van der Waals surface area contributed by atoms with Gasteiger partial charge in [0.2, 0.25) is 0 Å². The molecule has 1 atom stereocenters. The molecule has 2 N–H and O–H groups in total. The largest absolute Gasteiger partial charge is 0.373 e. The van der Waals surface area contributed by atoms with E-state index in [2.05, 4.69) is 38.9 Å². The number of amides is 1. The van der Waals surface area contributed by atoms with E-state index < -0.39 is 0 Å². The molecule has 26 heavy (non-hydrogen) atoms. The van der Waals surface area contributed by atoms with Gasteiger partial charge in [-0.2, -0.15) is 5.10 Å². The maximum Gasteiger partial charge on any atom is 0.272 e. The maximum atomic E-state index is 12.5. The lowest BCUT2D eigenvalue weighted by Gasteiger charge is -2.21. The summed E-state index contributed by atoms with van der Waals surface area (Å²) in [6.07, 6.45) is 9.38. The minimum Gasteiger partial charge on any atom is -0.373 e. The van der Waals surface area contributed by atoms with E-state index in [-0.39, 0.29) is 17.6 Å². The van der Waals surface area contributed by atoms with Crippen LogP contribution in [0.25, 0.3) is 0 Å². The molecule has 2 aliphatic rings. The van der Waals surface area contributed by atoms with E-state index in [0.717, 1.165) is 30.8 Å². The van der Waals surface area contributed by atoms with Crippen LogP contribution in [0.15, 0.2) is 18.5 Å². The van der Waals surface area contributed by atoms with Crippen molar-refractivity contribution in [3.8, 4) is 0 Å². The molecule has 4 rings (SSSR count). The first-order valence-corrected chi connectivity index (χ1v) is 9.55. The van der Waals surface area contributed by atoms with Crippen molar-refractivity contribution in [1.29, 1.82) is 0 Å². The van der Waals surface area contributed by atoms with Crippen molar-refractivity contribution in [2.75, 3.05) is 6.61 Å². The van der Waals surface area contributed by atoms with Crippen molar-refractivity contribution in [2.24, 2.45) is 0 Å². The topological polar surface area (TPSA) is 84.8 Å². The van der Waals surface area contributed by atoms with E-state index in [4.69, 9.17) is 4.74 Å². The smallest absolute Gasteiger partial charge is 0.272 e. The molecule has 7 nitrogen and oxygen atoms in total. The third-order valence-corrected chi connectivity index (χ3v) is 5.53. The Bertz CT molecular complexity index is 772. The van der Waals surface area contributed by atoms with Crippen molar-refractivity contribution < 1.29 is 9.53 Å². The number of aromatic amines is 1. The fraction of sp³-hybridized carbons (Fsp3) is 0.632. The SMILES string of the molecule is CC(C)c1nccn1Cc1cc(C(=O)NC2COC3(CCCC3)C2)n[nH]1. The summed E-state index contributed by atoms with van der Waals surface area (Å²) in [7, 11) is 0. The predicted octanol–water partition coefficient (Wildman–Crippen LogP) is 2.61. The van der Waals surface area contributed by atoms with Crippen LogP contribution in [0, 0.1) is 0 Å². The molecule has 0 radical (unpaired) electrons. The Balaban J connectivity index is 1.37. The zero-order valence-corrected chi connectivity index (χ0v) is 15.5. The molecule has 3 heterocycles. The van der Waals surface area contributed by atoms with Gasteiger partial charge in [0.25, 0.3) is 5.91 Å². The highest BCUT2D eigenvalue weighted by Gasteiger charge is 2.42. The Morgan fingerprint density at radius 3 is 3.04 bits per heavy atom. The number of hydrogen-bond donors (Lipinski definition) is 2. The summed E-state index contributed by atoms with van der Waals surface area (Å²) in [4.78, 5) is 16.9. The second kappa shape index (κ2) is 6.87. The van der Waals surface area contributed by atoms with Gasteiger partial charge in [0.1, 0.15) is 11.5 Å². The van der Waals surface area contributed by atoms with Crippen molar-refractivity contribution in [3.05, 3.63) is 35.7 Å². The summed E-state index contributed by atoms with van der Waals surface area (Å²) in [5.74, 6) is 1.24. The van der Waals surface area contributed by atoms with Crippen LogP contribution in [-0.2, 0) is 11.3 Å². The lowest BCUT2D eigenvalue weighted by Crippen LogP contribution is -2.36. The number of nitrogens with zero attached hydrogens (tertiary/aromatic N) is 3. The minimum atomic E-state index is -0.133. The number of aromatic nitrogens is 4. The van der Waals surface area contributed by atoms with E-state index in [1.807, 2.05) is 12.3 Å². The van der Waals surface area contributed by atoms with Gasteiger partial charge in [-0.15, -0.1) is 0 Å². The molecule has 2 aromatic rings. The van der Waals surface area contributed by atoms with Gasteiger partial charge in [0, 0.05) is 18.3 Å². The summed E-state index contributed by atoms with van der Waals surface area (Å²) in [5, 5.41) is 10.2. The molecule has 1 saturated carbocycles. The zero-order chi connectivity index (χ0) is 18.1. The standard InChI is InChI=1S/C19H27N5O2/c1-13(2)17-20-7-8-24(17)11-14-9-16(23-22-14)18(25)21-15-10-19(26-12-15)5-3-4-6-19/h7-9,13,15H,3-6,10-12H2,1-2H3,(H,21,25)(H,22,23). The van der Waals surface area contributed by atoms with E-state index in [1.54, 1.807) is 6.20 Å². The molecule has 0 aromatic carbocycles. The highest BCUT2D eigenvalue weighted by Crippen LogP contribution is 2.40. The second-order valence-corrected chi connectivity index (χ2v) is 7.92. The van der Waals surface area contributed by atoms with Gasteiger partial charge in [0.05, 0.1) is 30.5 Å². The van der Waals surface area contributed by atoms with Crippen LogP contribution in [0.4, 0.5) is 0 Å². The number of carbonyl (C=O) groups excluding carboxylic acids is 1. The summed E-state index contributed by atoms with van der Waals surface area (Å²) in [5.41, 5.74) is 1.34. The fourth-order valence-electron chi connectivity index (χ4n) is 4.26. The zero-order valence-electron chi connectivity index (χ0n) is 15.5. The Morgan fingerprint density at radius 1 is 1.46 bits per heavy atom. The highest BCUT2D eigenvalue weighted by atomic mass is 16.5. The van der Waals surface area contributed by atoms with E-state index in [9.17, 15) is 4.79 Å². The molecular weight excluding hydrogens is 330 g/mol. The van der Waals surface area contributed by atoms with Crippen LogP contribution in [0.5, 0.6) is 0 Å². The van der Waals surface area contributed by atoms with E-state index in [0.29, 0.717) is 24.8 Å². The van der Waals surface area contributed by atoms with Crippen molar-refractivity contribution in [2.45, 2.75) is 70.1 Å². The Labute approximate surface area is 153 Å². The van der Waals surface area contributed by atoms with Gasteiger partial charge in [-0.05, 0) is 25.3 Å². The van der Waals surface area contributed by atoms with Crippen LogP contribution >= 0.6 is 0 Å². The molecule has 2 aromatic heterocycles. The second-order valence-electron chi connectivity index (χ2n) is 7.92. The molecule has 1 unspecified atom stereocenters. The van der Waals surface area contributed by atoms with Gasteiger partial charge in [0.15, 0.2) is 0 Å². The molecule has 7 heteroatoms. The summed E-state index contributed by atoms with van der Waals surface area (Å²) < 4.78 is 8.09. The predicted molar refractivity (Wildman–Crippen MR) is 97.0 cm³/mol. The average molecular weight is 357 g/mol. The Morgan fingerprint density at radius 2 is 2.27 bits per heavy atom. The lowest BCUT2D eigenvalue weighted by atomic mass is 9.96. The van der Waals surface area contributed by atoms with Gasteiger partial charge in [-0.25, -0.2) is 4.98 Å². The number of hydrogen-bond acceptors (Lipinski definition) is 4. The first kappa shape index (κ1) is 17.3. The highest BCUT2D eigenvalue weighted by molar-refractivity contribution is 5.92. The monoisotopic (exact) mass is 357 g/mol. The first-order chi connectivity index (χ1) is 12.5. The third kappa shape index (κ3) is 3.40. The van der Waals surface area contributed by atoms with Gasteiger partial charge in [-0.1, -0.05) is 26.7 Å². The first-order valence-electron chi connectivity index (χ1n) is 9.55. The molecule has 1 spiro atoms. The summed E-state index contributed by atoms with van der Waals surface area (Å²) in [6, 6.07) is 1.91. The quantitative estimate of drug-likeness (QED) is 0.861. The number of H-pyrrole nitrogens is 1.